The third-order valence-electron chi connectivity index (χ3n) is 4.02. The van der Waals surface area contributed by atoms with Gasteiger partial charge in [-0.25, -0.2) is 4.68 Å². The van der Waals surface area contributed by atoms with Crippen LogP contribution in [0.5, 0.6) is 0 Å². The Kier molecular flexibility index (Phi) is 5.71. The van der Waals surface area contributed by atoms with Crippen molar-refractivity contribution in [3.63, 3.8) is 0 Å². The van der Waals surface area contributed by atoms with E-state index < -0.39 is 0 Å². The number of anilines is 1. The monoisotopic (exact) mass is 368 g/mol. The highest BCUT2D eigenvalue weighted by Gasteiger charge is 2.12. The molecule has 2 N–H and O–H groups in total. The average Bonchev–Trinajstić information content (AvgIpc) is 3.00. The van der Waals surface area contributed by atoms with Gasteiger partial charge in [-0.05, 0) is 43.7 Å². The highest BCUT2D eigenvalue weighted by atomic mass is 35.5. The van der Waals surface area contributed by atoms with Crippen molar-refractivity contribution < 1.29 is 4.79 Å². The molecular formula is C20H21ClN4O. The van der Waals surface area contributed by atoms with Gasteiger partial charge < -0.3 is 10.6 Å². The maximum atomic E-state index is 12.4. The van der Waals surface area contributed by atoms with Crippen molar-refractivity contribution in [2.45, 2.75) is 19.9 Å². The Bertz CT molecular complexity index is 892. The van der Waals surface area contributed by atoms with Gasteiger partial charge >= 0.3 is 0 Å². The van der Waals surface area contributed by atoms with Crippen LogP contribution in [-0.4, -0.2) is 22.2 Å². The Morgan fingerprint density at radius 1 is 1.15 bits per heavy atom. The average molecular weight is 369 g/mol. The van der Waals surface area contributed by atoms with Crippen LogP contribution >= 0.6 is 11.6 Å². The summed E-state index contributed by atoms with van der Waals surface area (Å²) >= 11 is 6.02. The van der Waals surface area contributed by atoms with Gasteiger partial charge in [0, 0.05) is 17.1 Å². The fourth-order valence-electron chi connectivity index (χ4n) is 2.68. The van der Waals surface area contributed by atoms with E-state index >= 15 is 0 Å². The zero-order valence-corrected chi connectivity index (χ0v) is 15.5. The summed E-state index contributed by atoms with van der Waals surface area (Å²) in [5.74, 6) is 0.520. The fraction of sp³-hybridized carbons (Fsp3) is 0.200. The zero-order valence-electron chi connectivity index (χ0n) is 14.7. The number of para-hydroxylation sites is 1. The van der Waals surface area contributed by atoms with E-state index in [0.717, 1.165) is 16.9 Å². The van der Waals surface area contributed by atoms with Gasteiger partial charge in [-0.3, -0.25) is 4.79 Å². The molecule has 134 valence electrons. The smallest absolute Gasteiger partial charge is 0.239 e. The van der Waals surface area contributed by atoms with E-state index in [2.05, 4.69) is 15.7 Å². The van der Waals surface area contributed by atoms with Crippen molar-refractivity contribution in [1.82, 2.24) is 15.1 Å². The third-order valence-corrected chi connectivity index (χ3v) is 4.25. The lowest BCUT2D eigenvalue weighted by molar-refractivity contribution is -0.115. The number of aryl methyl sites for hydroxylation is 1. The normalized spacial score (nSPS) is 12.0. The zero-order chi connectivity index (χ0) is 18.5. The van der Waals surface area contributed by atoms with Crippen LogP contribution in [0.3, 0.4) is 0 Å². The molecule has 0 saturated carbocycles. The van der Waals surface area contributed by atoms with E-state index in [1.807, 2.05) is 74.5 Å². The Hall–Kier alpha value is -2.63. The van der Waals surface area contributed by atoms with Gasteiger partial charge in [-0.2, -0.15) is 5.10 Å². The van der Waals surface area contributed by atoms with Crippen LogP contribution in [0.2, 0.25) is 5.02 Å². The molecule has 6 heteroatoms. The molecule has 0 saturated heterocycles. The molecular weight excluding hydrogens is 348 g/mol. The largest absolute Gasteiger partial charge is 0.309 e. The summed E-state index contributed by atoms with van der Waals surface area (Å²) in [5.41, 5.74) is 2.77. The molecule has 0 aliphatic rings. The molecule has 0 radical (unpaired) electrons. The van der Waals surface area contributed by atoms with Crippen molar-refractivity contribution in [3.05, 3.63) is 76.9 Å². The van der Waals surface area contributed by atoms with Crippen molar-refractivity contribution >= 4 is 23.3 Å². The van der Waals surface area contributed by atoms with Crippen LogP contribution in [0.4, 0.5) is 5.82 Å². The highest BCUT2D eigenvalue weighted by Crippen LogP contribution is 2.18. The molecule has 0 aliphatic carbocycles. The molecule has 2 aromatic carbocycles. The standard InChI is InChI=1S/C20H21ClN4O/c1-14-11-19(25(24-14)18-9-4-3-5-10-18)23-20(26)13-22-15(2)16-7-6-8-17(21)12-16/h3-12,15,22H,13H2,1-2H3,(H,23,26)/t15-/m1/s1. The van der Waals surface area contributed by atoms with E-state index in [1.165, 1.54) is 0 Å². The molecule has 1 heterocycles. The van der Waals surface area contributed by atoms with Crippen LogP contribution < -0.4 is 10.6 Å². The Balaban J connectivity index is 1.64. The second kappa shape index (κ2) is 8.17. The number of hydrogen-bond donors (Lipinski definition) is 2. The van der Waals surface area contributed by atoms with E-state index in [9.17, 15) is 4.79 Å². The fourth-order valence-corrected chi connectivity index (χ4v) is 2.88. The first kappa shape index (κ1) is 18.2. The summed E-state index contributed by atoms with van der Waals surface area (Å²) in [6.07, 6.45) is 0. The molecule has 1 atom stereocenters. The minimum atomic E-state index is -0.129. The van der Waals surface area contributed by atoms with E-state index in [4.69, 9.17) is 11.6 Å². The first-order valence-electron chi connectivity index (χ1n) is 8.44. The summed E-state index contributed by atoms with van der Waals surface area (Å²) in [4.78, 5) is 12.4. The van der Waals surface area contributed by atoms with Gasteiger partial charge in [0.15, 0.2) is 0 Å². The van der Waals surface area contributed by atoms with Gasteiger partial charge in [-0.1, -0.05) is 41.9 Å². The Morgan fingerprint density at radius 2 is 1.92 bits per heavy atom. The third kappa shape index (κ3) is 4.50. The number of hydrogen-bond acceptors (Lipinski definition) is 3. The molecule has 0 bridgehead atoms. The molecule has 3 rings (SSSR count). The number of amides is 1. The van der Waals surface area contributed by atoms with E-state index in [-0.39, 0.29) is 18.5 Å². The summed E-state index contributed by atoms with van der Waals surface area (Å²) in [7, 11) is 0. The maximum absolute atomic E-state index is 12.4. The van der Waals surface area contributed by atoms with Crippen LogP contribution in [-0.2, 0) is 4.79 Å². The minimum Gasteiger partial charge on any atom is -0.309 e. The molecule has 3 aromatic rings. The lowest BCUT2D eigenvalue weighted by Gasteiger charge is -2.15. The number of carbonyl (C=O) groups excluding carboxylic acids is 1. The number of carbonyl (C=O) groups is 1. The predicted octanol–water partition coefficient (Wildman–Crippen LogP) is 4.12. The van der Waals surface area contributed by atoms with E-state index in [0.29, 0.717) is 10.8 Å². The number of nitrogens with one attached hydrogen (secondary N) is 2. The maximum Gasteiger partial charge on any atom is 0.239 e. The summed E-state index contributed by atoms with van der Waals surface area (Å²) in [6.45, 7) is 4.08. The SMILES string of the molecule is Cc1cc(NC(=O)CN[C@H](C)c2cccc(Cl)c2)n(-c2ccccc2)n1. The summed E-state index contributed by atoms with van der Waals surface area (Å²) < 4.78 is 1.73. The number of rotatable bonds is 6. The van der Waals surface area contributed by atoms with Crippen LogP contribution in [0, 0.1) is 6.92 Å². The van der Waals surface area contributed by atoms with Crippen LogP contribution in [0.25, 0.3) is 5.69 Å². The van der Waals surface area contributed by atoms with E-state index in [1.54, 1.807) is 4.68 Å². The summed E-state index contributed by atoms with van der Waals surface area (Å²) in [6, 6.07) is 19.2. The lowest BCUT2D eigenvalue weighted by Crippen LogP contribution is -2.30. The topological polar surface area (TPSA) is 59.0 Å². The van der Waals surface area contributed by atoms with Gasteiger partial charge in [0.2, 0.25) is 5.91 Å². The molecule has 26 heavy (non-hydrogen) atoms. The number of nitrogens with zero attached hydrogens (tertiary/aromatic N) is 2. The minimum absolute atomic E-state index is 0.0141. The molecule has 0 aliphatic heterocycles. The van der Waals surface area contributed by atoms with Crippen molar-refractivity contribution in [3.8, 4) is 5.69 Å². The van der Waals surface area contributed by atoms with Crippen molar-refractivity contribution in [1.29, 1.82) is 0 Å². The Morgan fingerprint density at radius 3 is 2.65 bits per heavy atom. The number of halogens is 1. The number of aromatic nitrogens is 2. The molecule has 1 amide bonds. The Labute approximate surface area is 158 Å². The van der Waals surface area contributed by atoms with Crippen LogP contribution in [0.15, 0.2) is 60.7 Å². The lowest BCUT2D eigenvalue weighted by atomic mass is 10.1. The molecule has 0 spiro atoms. The first-order valence-corrected chi connectivity index (χ1v) is 8.81. The second-order valence-electron chi connectivity index (χ2n) is 6.12. The molecule has 0 fully saturated rings. The van der Waals surface area contributed by atoms with Gasteiger partial charge in [-0.15, -0.1) is 0 Å². The number of benzene rings is 2. The van der Waals surface area contributed by atoms with Crippen molar-refractivity contribution in [2.75, 3.05) is 11.9 Å². The van der Waals surface area contributed by atoms with Gasteiger partial charge in [0.1, 0.15) is 5.82 Å². The first-order chi connectivity index (χ1) is 12.5. The molecule has 5 nitrogen and oxygen atoms in total. The summed E-state index contributed by atoms with van der Waals surface area (Å²) in [5, 5.41) is 11.3. The highest BCUT2D eigenvalue weighted by molar-refractivity contribution is 6.30. The van der Waals surface area contributed by atoms with Crippen molar-refractivity contribution in [2.24, 2.45) is 0 Å². The second-order valence-corrected chi connectivity index (χ2v) is 6.56. The van der Waals surface area contributed by atoms with Gasteiger partial charge in [0.25, 0.3) is 0 Å². The molecule has 1 aromatic heterocycles. The predicted molar refractivity (Wildman–Crippen MR) is 105 cm³/mol. The molecule has 0 unspecified atom stereocenters. The van der Waals surface area contributed by atoms with Crippen LogP contribution in [0.1, 0.15) is 24.2 Å². The van der Waals surface area contributed by atoms with Gasteiger partial charge in [0.05, 0.1) is 17.9 Å². The quantitative estimate of drug-likeness (QED) is 0.688.